The molecule has 0 amide bonds. The Labute approximate surface area is 206 Å². The molecule has 0 unspecified atom stereocenters. The number of aryl methyl sites for hydroxylation is 1. The van der Waals surface area contributed by atoms with E-state index in [0.29, 0.717) is 22.1 Å². The predicted octanol–water partition coefficient (Wildman–Crippen LogP) is 4.46. The molecule has 0 saturated heterocycles. The topological polar surface area (TPSA) is 107 Å². The summed E-state index contributed by atoms with van der Waals surface area (Å²) in [7, 11) is 1.89. The second-order valence-corrected chi connectivity index (χ2v) is 8.84. The summed E-state index contributed by atoms with van der Waals surface area (Å²) in [6.45, 7) is 1.73. The van der Waals surface area contributed by atoms with E-state index < -0.39 is 17.2 Å². The van der Waals surface area contributed by atoms with Crippen molar-refractivity contribution in [3.05, 3.63) is 101 Å². The Morgan fingerprint density at radius 3 is 2.61 bits per heavy atom. The SMILES string of the molecule is CCOC(=O)C1=C(N)OC(c2cn(C)c3ccccc23)=C(C#N)[C@@]12C(=O)c1cccc3cccc2c13. The molecule has 0 fully saturated rings. The molecule has 1 atom stereocenters. The van der Waals surface area contributed by atoms with Gasteiger partial charge in [-0.2, -0.15) is 5.26 Å². The standard InChI is InChI=1S/C29H21N3O4/c1-3-35-28(34)24-27(31)36-25(19-15-32(2)22-13-5-4-10-17(19)22)21(14-30)29(24)20-12-7-9-16-8-6-11-18(23(16)20)26(29)33/h4-13,15H,3,31H2,1-2H3/t29-/m1/s1. The first kappa shape index (κ1) is 21.7. The van der Waals surface area contributed by atoms with E-state index in [0.717, 1.165) is 16.3 Å². The Morgan fingerprint density at radius 2 is 1.86 bits per heavy atom. The maximum Gasteiger partial charge on any atom is 0.341 e. The highest BCUT2D eigenvalue weighted by molar-refractivity contribution is 6.27. The number of fused-ring (bicyclic) bond motifs is 2. The molecule has 1 spiro atoms. The Bertz CT molecular complexity index is 1750. The van der Waals surface area contributed by atoms with Crippen LogP contribution in [0.1, 0.15) is 28.4 Å². The van der Waals surface area contributed by atoms with Crippen LogP contribution in [-0.2, 0) is 26.7 Å². The van der Waals surface area contributed by atoms with Crippen LogP contribution in [0.4, 0.5) is 0 Å². The fraction of sp³-hybridized carbons (Fsp3) is 0.138. The molecule has 3 aromatic carbocycles. The summed E-state index contributed by atoms with van der Waals surface area (Å²) in [5.41, 5.74) is 6.94. The number of hydrogen-bond donors (Lipinski definition) is 1. The summed E-state index contributed by atoms with van der Waals surface area (Å²) in [6, 6.07) is 20.8. The number of ether oxygens (including phenoxy) is 2. The molecule has 6 rings (SSSR count). The van der Waals surface area contributed by atoms with Gasteiger partial charge in [-0.05, 0) is 29.3 Å². The van der Waals surface area contributed by atoms with Crippen LogP contribution >= 0.6 is 0 Å². The lowest BCUT2D eigenvalue weighted by molar-refractivity contribution is -0.139. The molecule has 0 saturated carbocycles. The highest BCUT2D eigenvalue weighted by atomic mass is 16.5. The van der Waals surface area contributed by atoms with Crippen LogP contribution in [0.3, 0.4) is 0 Å². The zero-order chi connectivity index (χ0) is 25.2. The minimum Gasteiger partial charge on any atom is -0.462 e. The molecule has 0 bridgehead atoms. The van der Waals surface area contributed by atoms with Crippen molar-refractivity contribution in [3.8, 4) is 6.07 Å². The monoisotopic (exact) mass is 475 g/mol. The Kier molecular flexibility index (Phi) is 4.57. The van der Waals surface area contributed by atoms with Crippen molar-refractivity contribution < 1.29 is 19.1 Å². The highest BCUT2D eigenvalue weighted by Crippen LogP contribution is 2.55. The van der Waals surface area contributed by atoms with Crippen LogP contribution in [0.2, 0.25) is 0 Å². The largest absolute Gasteiger partial charge is 0.462 e. The molecule has 2 N–H and O–H groups in total. The Hall–Kier alpha value is -4.83. The number of hydrogen-bond acceptors (Lipinski definition) is 6. The second-order valence-electron chi connectivity index (χ2n) is 8.84. The molecule has 176 valence electrons. The van der Waals surface area contributed by atoms with Gasteiger partial charge in [0.1, 0.15) is 17.1 Å². The fourth-order valence-electron chi connectivity index (χ4n) is 5.66. The summed E-state index contributed by atoms with van der Waals surface area (Å²) in [4.78, 5) is 27.8. The van der Waals surface area contributed by atoms with Crippen molar-refractivity contribution in [2.24, 2.45) is 12.8 Å². The lowest BCUT2D eigenvalue weighted by Gasteiger charge is -2.35. The number of carbonyl (C=O) groups is 2. The van der Waals surface area contributed by atoms with Gasteiger partial charge in [-0.25, -0.2) is 4.79 Å². The number of rotatable bonds is 3. The molecule has 36 heavy (non-hydrogen) atoms. The first-order valence-corrected chi connectivity index (χ1v) is 11.6. The first-order chi connectivity index (χ1) is 17.4. The predicted molar refractivity (Wildman–Crippen MR) is 134 cm³/mol. The Balaban J connectivity index is 1.77. The lowest BCUT2D eigenvalue weighted by Crippen LogP contribution is -2.44. The van der Waals surface area contributed by atoms with Crippen molar-refractivity contribution in [1.82, 2.24) is 4.57 Å². The van der Waals surface area contributed by atoms with Crippen molar-refractivity contribution in [2.75, 3.05) is 6.61 Å². The van der Waals surface area contributed by atoms with E-state index in [1.165, 1.54) is 0 Å². The van der Waals surface area contributed by atoms with Gasteiger partial charge in [0.25, 0.3) is 0 Å². The average Bonchev–Trinajstić information content (AvgIpc) is 3.34. The van der Waals surface area contributed by atoms with Gasteiger partial charge in [0.05, 0.1) is 12.2 Å². The quantitative estimate of drug-likeness (QED) is 0.438. The van der Waals surface area contributed by atoms with Crippen molar-refractivity contribution in [3.63, 3.8) is 0 Å². The third kappa shape index (κ3) is 2.56. The van der Waals surface area contributed by atoms with Gasteiger partial charge in [-0.3, -0.25) is 4.79 Å². The minimum absolute atomic E-state index is 0.00445. The van der Waals surface area contributed by atoms with Gasteiger partial charge >= 0.3 is 5.97 Å². The third-order valence-electron chi connectivity index (χ3n) is 7.06. The number of para-hydroxylation sites is 1. The second kappa shape index (κ2) is 7.59. The zero-order valence-electron chi connectivity index (χ0n) is 19.7. The van der Waals surface area contributed by atoms with Crippen LogP contribution in [0.15, 0.2) is 83.9 Å². The summed E-state index contributed by atoms with van der Waals surface area (Å²) in [6.07, 6.45) is 1.83. The third-order valence-corrected chi connectivity index (χ3v) is 7.06. The number of carbonyl (C=O) groups excluding carboxylic acids is 2. The minimum atomic E-state index is -1.79. The maximum absolute atomic E-state index is 14.4. The van der Waals surface area contributed by atoms with Gasteiger partial charge < -0.3 is 19.8 Å². The van der Waals surface area contributed by atoms with E-state index in [4.69, 9.17) is 15.2 Å². The number of esters is 1. The van der Waals surface area contributed by atoms with Crippen LogP contribution in [0.5, 0.6) is 0 Å². The lowest BCUT2D eigenvalue weighted by atomic mass is 9.66. The van der Waals surface area contributed by atoms with Gasteiger partial charge in [0.2, 0.25) is 5.88 Å². The van der Waals surface area contributed by atoms with Crippen LogP contribution in [0.25, 0.3) is 27.4 Å². The zero-order valence-corrected chi connectivity index (χ0v) is 19.7. The van der Waals surface area contributed by atoms with Gasteiger partial charge in [0.15, 0.2) is 11.5 Å². The number of aromatic nitrogens is 1. The number of ketones is 1. The summed E-state index contributed by atoms with van der Waals surface area (Å²) in [5.74, 6) is -1.30. The smallest absolute Gasteiger partial charge is 0.341 e. The molecule has 7 nitrogen and oxygen atoms in total. The maximum atomic E-state index is 14.4. The fourth-order valence-corrected chi connectivity index (χ4v) is 5.66. The number of benzene rings is 3. The van der Waals surface area contributed by atoms with Crippen LogP contribution < -0.4 is 5.73 Å². The molecule has 1 aromatic heterocycles. The molecule has 1 aliphatic carbocycles. The van der Waals surface area contributed by atoms with Crippen molar-refractivity contribution in [2.45, 2.75) is 12.3 Å². The number of nitriles is 1. The normalized spacial score (nSPS) is 18.8. The summed E-state index contributed by atoms with van der Waals surface area (Å²) < 4.78 is 13.3. The number of Topliss-reactive ketones (excluding diaryl/α,β-unsaturated/α-hetero) is 1. The number of allylic oxidation sites excluding steroid dienone is 1. The van der Waals surface area contributed by atoms with Gasteiger partial charge in [-0.15, -0.1) is 0 Å². The summed E-state index contributed by atoms with van der Waals surface area (Å²) in [5, 5.41) is 13.0. The van der Waals surface area contributed by atoms with Crippen LogP contribution in [0, 0.1) is 11.3 Å². The van der Waals surface area contributed by atoms with E-state index in [-0.39, 0.29) is 29.4 Å². The van der Waals surface area contributed by atoms with E-state index in [9.17, 15) is 14.9 Å². The van der Waals surface area contributed by atoms with Crippen molar-refractivity contribution in [1.29, 1.82) is 5.26 Å². The molecule has 2 heterocycles. The molecule has 0 radical (unpaired) electrons. The summed E-state index contributed by atoms with van der Waals surface area (Å²) >= 11 is 0. The van der Waals surface area contributed by atoms with E-state index in [1.807, 2.05) is 60.3 Å². The molecule has 1 aliphatic heterocycles. The first-order valence-electron chi connectivity index (χ1n) is 11.6. The molecule has 2 aliphatic rings. The average molecular weight is 476 g/mol. The van der Waals surface area contributed by atoms with E-state index in [1.54, 1.807) is 25.1 Å². The van der Waals surface area contributed by atoms with Gasteiger partial charge in [0, 0.05) is 35.3 Å². The highest BCUT2D eigenvalue weighted by Gasteiger charge is 2.60. The van der Waals surface area contributed by atoms with E-state index in [2.05, 4.69) is 6.07 Å². The van der Waals surface area contributed by atoms with Gasteiger partial charge in [-0.1, -0.05) is 54.6 Å². The van der Waals surface area contributed by atoms with Crippen LogP contribution in [-0.4, -0.2) is 22.9 Å². The molecule has 4 aromatic rings. The van der Waals surface area contributed by atoms with E-state index >= 15 is 0 Å². The Morgan fingerprint density at radius 1 is 1.11 bits per heavy atom. The molecule has 7 heteroatoms. The number of nitrogens with zero attached hydrogens (tertiary/aromatic N) is 2. The molecular formula is C29H21N3O4. The van der Waals surface area contributed by atoms with Crippen molar-refractivity contribution >= 4 is 39.2 Å². The number of nitrogens with two attached hydrogens (primary N) is 1. The molecular weight excluding hydrogens is 454 g/mol.